The third-order valence-corrected chi connectivity index (χ3v) is 4.07. The van der Waals surface area contributed by atoms with Gasteiger partial charge in [0.15, 0.2) is 11.5 Å². The van der Waals surface area contributed by atoms with Gasteiger partial charge in [0.25, 0.3) is 0 Å². The van der Waals surface area contributed by atoms with Crippen molar-refractivity contribution in [2.45, 2.75) is 19.4 Å². The van der Waals surface area contributed by atoms with Crippen LogP contribution in [0, 0.1) is 0 Å². The van der Waals surface area contributed by atoms with E-state index < -0.39 is 0 Å². The highest BCUT2D eigenvalue weighted by Gasteiger charge is 2.33. The monoisotopic (exact) mass is 317 g/mol. The fraction of sp³-hybridized carbons (Fsp3) is 0.600. The van der Waals surface area contributed by atoms with Crippen molar-refractivity contribution in [3.63, 3.8) is 0 Å². The third kappa shape index (κ3) is 2.72. The molecule has 5 nitrogen and oxygen atoms in total. The molecular weight excluding hydrogens is 294 g/mol. The molecule has 1 aromatic carbocycles. The lowest BCUT2D eigenvalue weighted by Gasteiger charge is -2.35. The summed E-state index contributed by atoms with van der Waals surface area (Å²) in [7, 11) is 8.66. The number of likely N-dealkylation sites (N-methyl/N-ethyl adjacent to an activating group) is 1. The van der Waals surface area contributed by atoms with Gasteiger partial charge in [-0.1, -0.05) is 0 Å². The van der Waals surface area contributed by atoms with E-state index in [9.17, 15) is 0 Å². The van der Waals surface area contributed by atoms with E-state index in [4.69, 9.17) is 18.9 Å². The molecule has 1 heterocycles. The number of methoxy groups -OCH3 is 4. The molecule has 1 aliphatic rings. The van der Waals surface area contributed by atoms with Crippen molar-refractivity contribution in [1.29, 1.82) is 0 Å². The van der Waals surface area contributed by atoms with Crippen molar-refractivity contribution in [2.75, 3.05) is 42.0 Å². The summed E-state index contributed by atoms with van der Waals surface area (Å²) < 4.78 is 22.2. The van der Waals surface area contributed by atoms with Gasteiger partial charge in [0, 0.05) is 23.7 Å². The standard InChI is InChI=1S/C15H23NO4.ClH/c1-9-11-10(7-8-16(9)2)12(17-3)14(19-5)15(20-6)13(11)18-4;/h9H,7-8H2,1-6H3;1H. The van der Waals surface area contributed by atoms with E-state index in [0.717, 1.165) is 35.6 Å². The zero-order chi connectivity index (χ0) is 14.9. The highest BCUT2D eigenvalue weighted by atomic mass is 35.5. The highest BCUT2D eigenvalue weighted by Crippen LogP contribution is 2.53. The number of fused-ring (bicyclic) bond motifs is 1. The predicted molar refractivity (Wildman–Crippen MR) is 84.6 cm³/mol. The second-order valence-corrected chi connectivity index (χ2v) is 4.93. The van der Waals surface area contributed by atoms with Gasteiger partial charge in [-0.3, -0.25) is 4.90 Å². The van der Waals surface area contributed by atoms with Crippen LogP contribution in [0.3, 0.4) is 0 Å². The van der Waals surface area contributed by atoms with Crippen molar-refractivity contribution in [3.05, 3.63) is 11.1 Å². The first-order valence-corrected chi connectivity index (χ1v) is 6.69. The van der Waals surface area contributed by atoms with Crippen molar-refractivity contribution in [2.24, 2.45) is 0 Å². The number of halogens is 1. The Labute approximate surface area is 132 Å². The average molecular weight is 318 g/mol. The van der Waals surface area contributed by atoms with Crippen LogP contribution in [0.15, 0.2) is 0 Å². The van der Waals surface area contributed by atoms with Crippen LogP contribution < -0.4 is 18.9 Å². The number of nitrogens with zero attached hydrogens (tertiary/aromatic N) is 1. The summed E-state index contributed by atoms with van der Waals surface area (Å²) in [6, 6.07) is 0.238. The molecule has 1 aromatic rings. The Morgan fingerprint density at radius 3 is 1.81 bits per heavy atom. The van der Waals surface area contributed by atoms with Gasteiger partial charge in [0.1, 0.15) is 0 Å². The largest absolute Gasteiger partial charge is 0.492 e. The lowest BCUT2D eigenvalue weighted by atomic mass is 9.91. The molecule has 0 saturated heterocycles. The minimum atomic E-state index is 0. The number of benzene rings is 1. The van der Waals surface area contributed by atoms with Crippen LogP contribution in [0.2, 0.25) is 0 Å². The molecule has 1 atom stereocenters. The predicted octanol–water partition coefficient (Wildman–Crippen LogP) is 2.69. The van der Waals surface area contributed by atoms with Gasteiger partial charge in [-0.05, 0) is 20.4 Å². The first kappa shape index (κ1) is 17.7. The fourth-order valence-electron chi connectivity index (χ4n) is 2.91. The van der Waals surface area contributed by atoms with Crippen molar-refractivity contribution < 1.29 is 18.9 Å². The summed E-state index contributed by atoms with van der Waals surface area (Å²) in [4.78, 5) is 2.29. The quantitative estimate of drug-likeness (QED) is 0.854. The molecule has 0 N–H and O–H groups in total. The number of hydrogen-bond donors (Lipinski definition) is 0. The summed E-state index contributed by atoms with van der Waals surface area (Å²) in [5.74, 6) is 2.68. The summed E-state index contributed by atoms with van der Waals surface area (Å²) in [6.07, 6.45) is 0.899. The molecule has 120 valence electrons. The Bertz CT molecular complexity index is 482. The highest BCUT2D eigenvalue weighted by molar-refractivity contribution is 5.85. The van der Waals surface area contributed by atoms with Gasteiger partial charge < -0.3 is 18.9 Å². The minimum Gasteiger partial charge on any atom is -0.492 e. The van der Waals surface area contributed by atoms with Crippen molar-refractivity contribution >= 4 is 12.4 Å². The molecule has 0 fully saturated rings. The maximum Gasteiger partial charge on any atom is 0.207 e. The average Bonchev–Trinajstić information content (AvgIpc) is 2.48. The minimum absolute atomic E-state index is 0. The van der Waals surface area contributed by atoms with Crippen LogP contribution in [-0.2, 0) is 6.42 Å². The van der Waals surface area contributed by atoms with Gasteiger partial charge >= 0.3 is 0 Å². The summed E-state index contributed by atoms with van der Waals surface area (Å²) in [5.41, 5.74) is 2.27. The molecule has 0 spiro atoms. The smallest absolute Gasteiger partial charge is 0.207 e. The topological polar surface area (TPSA) is 40.2 Å². The Morgan fingerprint density at radius 2 is 1.33 bits per heavy atom. The first-order chi connectivity index (χ1) is 9.60. The van der Waals surface area contributed by atoms with Gasteiger partial charge in [-0.25, -0.2) is 0 Å². The summed E-state index contributed by atoms with van der Waals surface area (Å²) in [5, 5.41) is 0. The SMILES string of the molecule is COc1c2c(c(OC)c(OC)c1OC)C(C)N(C)CC2.Cl. The molecule has 6 heteroatoms. The maximum atomic E-state index is 5.61. The summed E-state index contributed by atoms with van der Waals surface area (Å²) in [6.45, 7) is 3.13. The molecule has 1 aliphatic heterocycles. The Morgan fingerprint density at radius 1 is 0.857 bits per heavy atom. The molecule has 0 saturated carbocycles. The van der Waals surface area contributed by atoms with E-state index >= 15 is 0 Å². The van der Waals surface area contributed by atoms with Gasteiger partial charge in [-0.15, -0.1) is 12.4 Å². The van der Waals surface area contributed by atoms with Crippen molar-refractivity contribution in [3.8, 4) is 23.0 Å². The molecule has 0 radical (unpaired) electrons. The van der Waals surface area contributed by atoms with Crippen LogP contribution in [0.4, 0.5) is 0 Å². The van der Waals surface area contributed by atoms with Crippen LogP contribution in [0.25, 0.3) is 0 Å². The lowest BCUT2D eigenvalue weighted by Crippen LogP contribution is -2.31. The van der Waals surface area contributed by atoms with Gasteiger partial charge in [0.2, 0.25) is 11.5 Å². The zero-order valence-corrected chi connectivity index (χ0v) is 14.3. The molecular formula is C15H24ClNO4. The fourth-order valence-corrected chi connectivity index (χ4v) is 2.91. The molecule has 0 amide bonds. The van der Waals surface area contributed by atoms with Crippen LogP contribution >= 0.6 is 12.4 Å². The Kier molecular flexibility index (Phi) is 5.98. The maximum absolute atomic E-state index is 5.61. The third-order valence-electron chi connectivity index (χ3n) is 4.07. The van der Waals surface area contributed by atoms with Crippen LogP contribution in [-0.4, -0.2) is 46.9 Å². The van der Waals surface area contributed by atoms with Crippen LogP contribution in [0.1, 0.15) is 24.1 Å². The Balaban J connectivity index is 0.00000220. The molecule has 0 bridgehead atoms. The molecule has 2 rings (SSSR count). The van der Waals surface area contributed by atoms with E-state index in [0.29, 0.717) is 11.5 Å². The first-order valence-electron chi connectivity index (χ1n) is 6.69. The molecule has 0 aromatic heterocycles. The molecule has 21 heavy (non-hydrogen) atoms. The van der Waals surface area contributed by atoms with E-state index in [1.807, 2.05) is 0 Å². The number of rotatable bonds is 4. The van der Waals surface area contributed by atoms with E-state index in [1.54, 1.807) is 28.4 Å². The van der Waals surface area contributed by atoms with E-state index in [1.165, 1.54) is 0 Å². The van der Waals surface area contributed by atoms with Gasteiger partial charge in [-0.2, -0.15) is 0 Å². The van der Waals surface area contributed by atoms with E-state index in [-0.39, 0.29) is 18.4 Å². The number of ether oxygens (including phenoxy) is 4. The Hall–Kier alpha value is -1.33. The zero-order valence-electron chi connectivity index (χ0n) is 13.5. The second-order valence-electron chi connectivity index (χ2n) is 4.93. The second kappa shape index (κ2) is 7.09. The summed E-state index contributed by atoms with van der Waals surface area (Å²) >= 11 is 0. The number of hydrogen-bond acceptors (Lipinski definition) is 5. The normalized spacial score (nSPS) is 17.5. The lowest BCUT2D eigenvalue weighted by molar-refractivity contribution is 0.229. The van der Waals surface area contributed by atoms with Crippen LogP contribution in [0.5, 0.6) is 23.0 Å². The van der Waals surface area contributed by atoms with Crippen molar-refractivity contribution in [1.82, 2.24) is 4.90 Å². The molecule has 0 aliphatic carbocycles. The van der Waals surface area contributed by atoms with E-state index in [2.05, 4.69) is 18.9 Å². The molecule has 1 unspecified atom stereocenters. The van der Waals surface area contributed by atoms with Gasteiger partial charge in [0.05, 0.1) is 28.4 Å².